The van der Waals surface area contributed by atoms with Crippen LogP contribution in [0, 0.1) is 0 Å². The molecule has 0 atom stereocenters. The number of benzene rings is 1. The van der Waals surface area contributed by atoms with Crippen molar-refractivity contribution in [1.29, 1.82) is 0 Å². The Morgan fingerprint density at radius 3 is 2.61 bits per heavy atom. The molecule has 1 saturated carbocycles. The molecule has 23 heavy (non-hydrogen) atoms. The van der Waals surface area contributed by atoms with Crippen LogP contribution in [0.1, 0.15) is 30.9 Å². The predicted octanol–water partition coefficient (Wildman–Crippen LogP) is 2.53. The van der Waals surface area contributed by atoms with Gasteiger partial charge in [0.05, 0.1) is 23.1 Å². The molecule has 2 heterocycles. The van der Waals surface area contributed by atoms with Crippen molar-refractivity contribution in [1.82, 2.24) is 15.3 Å². The van der Waals surface area contributed by atoms with E-state index in [1.165, 1.54) is 24.9 Å². The summed E-state index contributed by atoms with van der Waals surface area (Å²) in [5, 5.41) is 13.5. The lowest BCUT2D eigenvalue weighted by Crippen LogP contribution is -2.44. The van der Waals surface area contributed by atoms with Gasteiger partial charge in [-0.05, 0) is 25.0 Å². The molecule has 1 aromatic heterocycles. The molecular weight excluding hydrogens is 288 g/mol. The van der Waals surface area contributed by atoms with Crippen molar-refractivity contribution in [3.05, 3.63) is 36.2 Å². The zero-order valence-electron chi connectivity index (χ0n) is 13.2. The minimum Gasteiger partial charge on any atom is -0.507 e. The van der Waals surface area contributed by atoms with Crippen LogP contribution in [0.3, 0.4) is 0 Å². The van der Waals surface area contributed by atoms with Gasteiger partial charge in [-0.3, -0.25) is 0 Å². The Morgan fingerprint density at radius 2 is 1.91 bits per heavy atom. The summed E-state index contributed by atoms with van der Waals surface area (Å²) in [6.45, 7) is 4.01. The molecule has 2 aromatic rings. The third kappa shape index (κ3) is 2.77. The van der Waals surface area contributed by atoms with E-state index in [1.54, 1.807) is 6.07 Å². The first-order chi connectivity index (χ1) is 11.3. The van der Waals surface area contributed by atoms with Gasteiger partial charge in [-0.25, -0.2) is 9.97 Å². The van der Waals surface area contributed by atoms with Gasteiger partial charge in [-0.1, -0.05) is 18.6 Å². The summed E-state index contributed by atoms with van der Waals surface area (Å²) in [4.78, 5) is 11.8. The molecule has 0 amide bonds. The van der Waals surface area contributed by atoms with Crippen LogP contribution in [0.2, 0.25) is 0 Å². The standard InChI is InChI=1S/C18H22N4O/c23-16-7-2-1-6-14(16)18-20-12-15(22-10-8-19-9-11-22)17(21-18)13-4-3-5-13/h1-2,6-7,12-13,19,23H,3-5,8-11H2. The van der Waals surface area contributed by atoms with Gasteiger partial charge >= 0.3 is 0 Å². The van der Waals surface area contributed by atoms with Gasteiger partial charge in [0.1, 0.15) is 5.75 Å². The normalized spacial score (nSPS) is 18.7. The number of nitrogens with one attached hydrogen (secondary N) is 1. The van der Waals surface area contributed by atoms with E-state index >= 15 is 0 Å². The highest BCUT2D eigenvalue weighted by Gasteiger charge is 2.27. The van der Waals surface area contributed by atoms with Crippen molar-refractivity contribution < 1.29 is 5.11 Å². The van der Waals surface area contributed by atoms with Crippen molar-refractivity contribution in [3.63, 3.8) is 0 Å². The summed E-state index contributed by atoms with van der Waals surface area (Å²) in [5.74, 6) is 1.40. The fourth-order valence-corrected chi connectivity index (χ4v) is 3.31. The summed E-state index contributed by atoms with van der Waals surface area (Å²) >= 11 is 0. The molecule has 1 aliphatic carbocycles. The molecule has 1 aliphatic heterocycles. The lowest BCUT2D eigenvalue weighted by Gasteiger charge is -2.34. The fourth-order valence-electron chi connectivity index (χ4n) is 3.31. The largest absolute Gasteiger partial charge is 0.507 e. The van der Waals surface area contributed by atoms with E-state index in [4.69, 9.17) is 4.98 Å². The van der Waals surface area contributed by atoms with Crippen LogP contribution in [-0.2, 0) is 0 Å². The van der Waals surface area contributed by atoms with Gasteiger partial charge in [0.2, 0.25) is 0 Å². The average Bonchev–Trinajstić information content (AvgIpc) is 2.55. The van der Waals surface area contributed by atoms with E-state index in [9.17, 15) is 5.11 Å². The number of hydrogen-bond donors (Lipinski definition) is 2. The summed E-state index contributed by atoms with van der Waals surface area (Å²) in [7, 11) is 0. The minimum absolute atomic E-state index is 0.238. The van der Waals surface area contributed by atoms with E-state index in [0.717, 1.165) is 31.9 Å². The number of aromatic hydroxyl groups is 1. The van der Waals surface area contributed by atoms with Crippen molar-refractivity contribution in [2.24, 2.45) is 0 Å². The molecule has 2 N–H and O–H groups in total. The molecule has 120 valence electrons. The molecule has 4 rings (SSSR count). The smallest absolute Gasteiger partial charge is 0.163 e. The monoisotopic (exact) mass is 310 g/mol. The summed E-state index contributed by atoms with van der Waals surface area (Å²) in [5.41, 5.74) is 3.04. The Balaban J connectivity index is 1.74. The number of piperazine rings is 1. The average molecular weight is 310 g/mol. The van der Waals surface area contributed by atoms with Crippen LogP contribution in [0.4, 0.5) is 5.69 Å². The number of aromatic nitrogens is 2. The SMILES string of the molecule is Oc1ccccc1-c1ncc(N2CCNCC2)c(C2CCC2)n1. The van der Waals surface area contributed by atoms with Crippen LogP contribution in [0.25, 0.3) is 11.4 Å². The maximum Gasteiger partial charge on any atom is 0.163 e. The zero-order valence-corrected chi connectivity index (χ0v) is 13.2. The van der Waals surface area contributed by atoms with E-state index in [0.29, 0.717) is 17.3 Å². The number of hydrogen-bond acceptors (Lipinski definition) is 5. The van der Waals surface area contributed by atoms with Crippen molar-refractivity contribution in [3.8, 4) is 17.1 Å². The maximum atomic E-state index is 10.1. The fraction of sp³-hybridized carbons (Fsp3) is 0.444. The summed E-state index contributed by atoms with van der Waals surface area (Å²) < 4.78 is 0. The number of anilines is 1. The Labute approximate surface area is 136 Å². The first-order valence-corrected chi connectivity index (χ1v) is 8.44. The Kier molecular flexibility index (Phi) is 3.87. The number of phenols is 1. The van der Waals surface area contributed by atoms with Crippen molar-refractivity contribution >= 4 is 5.69 Å². The molecule has 1 saturated heterocycles. The van der Waals surface area contributed by atoms with E-state index < -0.39 is 0 Å². The lowest BCUT2D eigenvalue weighted by atomic mass is 9.82. The molecule has 5 nitrogen and oxygen atoms in total. The second-order valence-corrected chi connectivity index (χ2v) is 6.35. The molecule has 0 radical (unpaired) electrons. The van der Waals surface area contributed by atoms with E-state index in [2.05, 4.69) is 15.2 Å². The van der Waals surface area contributed by atoms with Gasteiger partial charge in [0.15, 0.2) is 5.82 Å². The van der Waals surface area contributed by atoms with Gasteiger partial charge in [0, 0.05) is 32.1 Å². The molecular formula is C18H22N4O. The molecule has 2 aliphatic rings. The van der Waals surface area contributed by atoms with Crippen LogP contribution < -0.4 is 10.2 Å². The Hall–Kier alpha value is -2.14. The van der Waals surface area contributed by atoms with Crippen LogP contribution in [-0.4, -0.2) is 41.3 Å². The van der Waals surface area contributed by atoms with E-state index in [1.807, 2.05) is 24.4 Å². The van der Waals surface area contributed by atoms with Crippen molar-refractivity contribution in [2.45, 2.75) is 25.2 Å². The van der Waals surface area contributed by atoms with Gasteiger partial charge < -0.3 is 15.3 Å². The highest BCUT2D eigenvalue weighted by atomic mass is 16.3. The summed E-state index contributed by atoms with van der Waals surface area (Å²) in [6.07, 6.45) is 5.64. The maximum absolute atomic E-state index is 10.1. The van der Waals surface area contributed by atoms with Crippen LogP contribution in [0.15, 0.2) is 30.5 Å². The zero-order chi connectivity index (χ0) is 15.6. The number of rotatable bonds is 3. The number of nitrogens with zero attached hydrogens (tertiary/aromatic N) is 3. The van der Waals surface area contributed by atoms with Crippen LogP contribution in [0.5, 0.6) is 5.75 Å². The van der Waals surface area contributed by atoms with Gasteiger partial charge in [-0.2, -0.15) is 0 Å². The second-order valence-electron chi connectivity index (χ2n) is 6.35. The van der Waals surface area contributed by atoms with Crippen LogP contribution >= 0.6 is 0 Å². The molecule has 0 bridgehead atoms. The van der Waals surface area contributed by atoms with Crippen molar-refractivity contribution in [2.75, 3.05) is 31.1 Å². The summed E-state index contributed by atoms with van der Waals surface area (Å²) in [6, 6.07) is 7.29. The molecule has 2 fully saturated rings. The topological polar surface area (TPSA) is 61.3 Å². The molecule has 0 unspecified atom stereocenters. The second kappa shape index (κ2) is 6.16. The minimum atomic E-state index is 0.238. The predicted molar refractivity (Wildman–Crippen MR) is 90.8 cm³/mol. The highest BCUT2D eigenvalue weighted by Crippen LogP contribution is 2.40. The first-order valence-electron chi connectivity index (χ1n) is 8.44. The molecule has 5 heteroatoms. The number of phenolic OH excluding ortho intramolecular Hbond substituents is 1. The third-order valence-electron chi connectivity index (χ3n) is 4.89. The third-order valence-corrected chi connectivity index (χ3v) is 4.89. The van der Waals surface area contributed by atoms with E-state index in [-0.39, 0.29) is 5.75 Å². The quantitative estimate of drug-likeness (QED) is 0.912. The first kappa shape index (κ1) is 14.5. The van der Waals surface area contributed by atoms with Gasteiger partial charge in [-0.15, -0.1) is 0 Å². The number of para-hydroxylation sites is 1. The Morgan fingerprint density at radius 1 is 1.13 bits per heavy atom. The lowest BCUT2D eigenvalue weighted by molar-refractivity contribution is 0.410. The molecule has 1 aromatic carbocycles. The molecule has 0 spiro atoms. The highest BCUT2D eigenvalue weighted by molar-refractivity contribution is 5.65. The Bertz CT molecular complexity index is 693. The van der Waals surface area contributed by atoms with Gasteiger partial charge in [0.25, 0.3) is 0 Å².